The highest BCUT2D eigenvalue weighted by molar-refractivity contribution is 9.10. The predicted molar refractivity (Wildman–Crippen MR) is 71.4 cm³/mol. The molecule has 2 rings (SSSR count). The first kappa shape index (κ1) is 12.1. The SMILES string of the molecule is CNCC1(CNCc2ccc(Br)cc2)CC1. The zero-order valence-electron chi connectivity index (χ0n) is 9.72. The van der Waals surface area contributed by atoms with Crippen molar-refractivity contribution in [1.29, 1.82) is 0 Å². The van der Waals surface area contributed by atoms with Crippen LogP contribution in [0.1, 0.15) is 18.4 Å². The highest BCUT2D eigenvalue weighted by atomic mass is 79.9. The van der Waals surface area contributed by atoms with Gasteiger partial charge in [-0.05, 0) is 43.0 Å². The molecule has 16 heavy (non-hydrogen) atoms. The lowest BCUT2D eigenvalue weighted by Gasteiger charge is -2.15. The lowest BCUT2D eigenvalue weighted by Crippen LogP contribution is -2.30. The van der Waals surface area contributed by atoms with Crippen molar-refractivity contribution in [2.45, 2.75) is 19.4 Å². The van der Waals surface area contributed by atoms with Gasteiger partial charge in [-0.3, -0.25) is 0 Å². The summed E-state index contributed by atoms with van der Waals surface area (Å²) in [6.07, 6.45) is 2.72. The molecule has 1 fully saturated rings. The van der Waals surface area contributed by atoms with Crippen LogP contribution in [0.2, 0.25) is 0 Å². The third-order valence-corrected chi connectivity index (χ3v) is 3.78. The van der Waals surface area contributed by atoms with Crippen LogP contribution in [0.25, 0.3) is 0 Å². The molecule has 0 radical (unpaired) electrons. The molecule has 88 valence electrons. The van der Waals surface area contributed by atoms with E-state index in [1.807, 2.05) is 7.05 Å². The summed E-state index contributed by atoms with van der Waals surface area (Å²) in [7, 11) is 2.04. The maximum atomic E-state index is 3.55. The van der Waals surface area contributed by atoms with Crippen LogP contribution < -0.4 is 10.6 Å². The van der Waals surface area contributed by atoms with Crippen LogP contribution in [0.5, 0.6) is 0 Å². The fourth-order valence-corrected chi connectivity index (χ4v) is 2.31. The summed E-state index contributed by atoms with van der Waals surface area (Å²) >= 11 is 3.45. The summed E-state index contributed by atoms with van der Waals surface area (Å²) < 4.78 is 1.14. The fourth-order valence-electron chi connectivity index (χ4n) is 2.04. The van der Waals surface area contributed by atoms with Crippen LogP contribution in [0.15, 0.2) is 28.7 Å². The van der Waals surface area contributed by atoms with E-state index < -0.39 is 0 Å². The second kappa shape index (κ2) is 5.30. The van der Waals surface area contributed by atoms with Gasteiger partial charge in [0.05, 0.1) is 0 Å². The van der Waals surface area contributed by atoms with Crippen molar-refractivity contribution >= 4 is 15.9 Å². The Morgan fingerprint density at radius 3 is 2.44 bits per heavy atom. The highest BCUT2D eigenvalue weighted by Crippen LogP contribution is 2.44. The van der Waals surface area contributed by atoms with Gasteiger partial charge in [0.15, 0.2) is 0 Å². The molecule has 0 aliphatic heterocycles. The van der Waals surface area contributed by atoms with Crippen LogP contribution in [-0.4, -0.2) is 20.1 Å². The maximum absolute atomic E-state index is 3.55. The van der Waals surface area contributed by atoms with Crippen LogP contribution in [-0.2, 0) is 6.54 Å². The molecule has 0 spiro atoms. The van der Waals surface area contributed by atoms with Crippen molar-refractivity contribution in [2.75, 3.05) is 20.1 Å². The Balaban J connectivity index is 1.74. The minimum atomic E-state index is 0.546. The highest BCUT2D eigenvalue weighted by Gasteiger charge is 2.41. The van der Waals surface area contributed by atoms with Gasteiger partial charge in [0.25, 0.3) is 0 Å². The molecule has 1 aliphatic rings. The number of halogens is 1. The van der Waals surface area contributed by atoms with Gasteiger partial charge in [-0.25, -0.2) is 0 Å². The van der Waals surface area contributed by atoms with E-state index in [1.165, 1.54) is 18.4 Å². The minimum absolute atomic E-state index is 0.546. The first-order valence-corrected chi connectivity index (χ1v) is 6.63. The Hall–Kier alpha value is -0.380. The Morgan fingerprint density at radius 2 is 1.88 bits per heavy atom. The molecule has 0 bridgehead atoms. The van der Waals surface area contributed by atoms with Crippen LogP contribution in [0.3, 0.4) is 0 Å². The smallest absolute Gasteiger partial charge is 0.0205 e. The van der Waals surface area contributed by atoms with Crippen LogP contribution in [0, 0.1) is 5.41 Å². The zero-order valence-corrected chi connectivity index (χ0v) is 11.3. The van der Waals surface area contributed by atoms with Gasteiger partial charge in [0.2, 0.25) is 0 Å². The Kier molecular flexibility index (Phi) is 4.00. The molecule has 3 heteroatoms. The number of rotatable bonds is 6. The quantitative estimate of drug-likeness (QED) is 0.838. The molecule has 0 atom stereocenters. The van der Waals surface area contributed by atoms with Gasteiger partial charge in [0.1, 0.15) is 0 Å². The van der Waals surface area contributed by atoms with Crippen molar-refractivity contribution in [3.05, 3.63) is 34.3 Å². The van der Waals surface area contributed by atoms with Gasteiger partial charge in [-0.15, -0.1) is 0 Å². The molecule has 0 aromatic heterocycles. The van der Waals surface area contributed by atoms with E-state index >= 15 is 0 Å². The monoisotopic (exact) mass is 282 g/mol. The van der Waals surface area contributed by atoms with Gasteiger partial charge in [0, 0.05) is 24.1 Å². The lowest BCUT2D eigenvalue weighted by atomic mass is 10.1. The Bertz CT molecular complexity index is 330. The molecule has 2 nitrogen and oxygen atoms in total. The summed E-state index contributed by atoms with van der Waals surface area (Å²) in [6.45, 7) is 3.24. The second-order valence-corrected chi connectivity index (χ2v) is 5.68. The van der Waals surface area contributed by atoms with Crippen molar-refractivity contribution in [3.8, 4) is 0 Å². The van der Waals surface area contributed by atoms with E-state index in [4.69, 9.17) is 0 Å². The third-order valence-electron chi connectivity index (χ3n) is 3.25. The summed E-state index contributed by atoms with van der Waals surface area (Å²) in [5, 5.41) is 6.83. The van der Waals surface area contributed by atoms with E-state index in [9.17, 15) is 0 Å². The standard InChI is InChI=1S/C13H19BrN2/c1-15-9-13(6-7-13)10-16-8-11-2-4-12(14)5-3-11/h2-5,15-16H,6-10H2,1H3. The molecule has 0 heterocycles. The van der Waals surface area contributed by atoms with Crippen molar-refractivity contribution < 1.29 is 0 Å². The predicted octanol–water partition coefficient (Wildman–Crippen LogP) is 2.54. The van der Waals surface area contributed by atoms with E-state index in [0.717, 1.165) is 24.1 Å². The van der Waals surface area contributed by atoms with E-state index in [2.05, 4.69) is 50.8 Å². The van der Waals surface area contributed by atoms with E-state index in [1.54, 1.807) is 0 Å². The van der Waals surface area contributed by atoms with Gasteiger partial charge in [-0.2, -0.15) is 0 Å². The molecule has 1 saturated carbocycles. The Morgan fingerprint density at radius 1 is 1.19 bits per heavy atom. The molecule has 1 aromatic rings. The van der Waals surface area contributed by atoms with E-state index in [-0.39, 0.29) is 0 Å². The molecule has 0 saturated heterocycles. The number of hydrogen-bond donors (Lipinski definition) is 2. The van der Waals surface area contributed by atoms with Gasteiger partial charge >= 0.3 is 0 Å². The molecular formula is C13H19BrN2. The zero-order chi connectivity index (χ0) is 11.4. The average molecular weight is 283 g/mol. The second-order valence-electron chi connectivity index (χ2n) is 4.76. The Labute approximate surface area is 106 Å². The van der Waals surface area contributed by atoms with Crippen molar-refractivity contribution in [3.63, 3.8) is 0 Å². The first-order valence-electron chi connectivity index (χ1n) is 5.84. The van der Waals surface area contributed by atoms with Gasteiger partial charge < -0.3 is 10.6 Å². The van der Waals surface area contributed by atoms with Gasteiger partial charge in [-0.1, -0.05) is 28.1 Å². The molecular weight excluding hydrogens is 264 g/mol. The normalized spacial score (nSPS) is 17.4. The molecule has 1 aliphatic carbocycles. The largest absolute Gasteiger partial charge is 0.319 e. The summed E-state index contributed by atoms with van der Waals surface area (Å²) in [4.78, 5) is 0. The molecule has 2 N–H and O–H groups in total. The topological polar surface area (TPSA) is 24.1 Å². The number of benzene rings is 1. The number of hydrogen-bond acceptors (Lipinski definition) is 2. The number of nitrogens with one attached hydrogen (secondary N) is 2. The fraction of sp³-hybridized carbons (Fsp3) is 0.538. The summed E-state index contributed by atoms with van der Waals surface area (Å²) in [5.74, 6) is 0. The molecule has 0 unspecified atom stereocenters. The lowest BCUT2D eigenvalue weighted by molar-refractivity contribution is 0.438. The van der Waals surface area contributed by atoms with Crippen molar-refractivity contribution in [2.24, 2.45) is 5.41 Å². The van der Waals surface area contributed by atoms with Crippen molar-refractivity contribution in [1.82, 2.24) is 10.6 Å². The minimum Gasteiger partial charge on any atom is -0.319 e. The van der Waals surface area contributed by atoms with Crippen LogP contribution in [0.4, 0.5) is 0 Å². The third kappa shape index (κ3) is 3.30. The average Bonchev–Trinajstić information content (AvgIpc) is 3.02. The summed E-state index contributed by atoms with van der Waals surface area (Å²) in [6, 6.07) is 8.51. The molecule has 0 amide bonds. The maximum Gasteiger partial charge on any atom is 0.0205 e. The summed E-state index contributed by atoms with van der Waals surface area (Å²) in [5.41, 5.74) is 1.90. The first-order chi connectivity index (χ1) is 7.74. The van der Waals surface area contributed by atoms with Crippen LogP contribution >= 0.6 is 15.9 Å². The molecule has 1 aromatic carbocycles. The van der Waals surface area contributed by atoms with E-state index in [0.29, 0.717) is 5.41 Å².